The minimum Gasteiger partial charge on any atom is -0.457 e. The van der Waals surface area contributed by atoms with E-state index < -0.39 is 0 Å². The van der Waals surface area contributed by atoms with E-state index in [1.807, 2.05) is 12.1 Å². The highest BCUT2D eigenvalue weighted by molar-refractivity contribution is 5.37. The smallest absolute Gasteiger partial charge is 0.136 e. The quantitative estimate of drug-likeness (QED) is 0.912. The number of nitrogens with zero attached hydrogens (tertiary/aromatic N) is 1. The second kappa shape index (κ2) is 5.41. The van der Waals surface area contributed by atoms with Crippen LogP contribution in [0.25, 0.3) is 0 Å². The Hall–Kier alpha value is -1.87. The standard InChI is InChI=1S/C16H19NO2/c1-16(2,3)13-4-6-14(7-5-13)19-15-8-9-17-10-12(15)11-18/h4-10,18H,11H2,1-3H3. The lowest BCUT2D eigenvalue weighted by molar-refractivity contribution is 0.276. The highest BCUT2D eigenvalue weighted by Gasteiger charge is 2.13. The maximum Gasteiger partial charge on any atom is 0.136 e. The van der Waals surface area contributed by atoms with Crippen LogP contribution in [0.2, 0.25) is 0 Å². The molecule has 2 aromatic rings. The van der Waals surface area contributed by atoms with Crippen LogP contribution >= 0.6 is 0 Å². The number of aliphatic hydroxyl groups is 1. The minimum atomic E-state index is -0.0801. The second-order valence-electron chi connectivity index (χ2n) is 5.52. The summed E-state index contributed by atoms with van der Waals surface area (Å²) in [6.45, 7) is 6.45. The molecule has 2 rings (SSSR count). The zero-order valence-corrected chi connectivity index (χ0v) is 11.6. The first-order chi connectivity index (χ1) is 9.00. The molecule has 1 N–H and O–H groups in total. The van der Waals surface area contributed by atoms with Crippen LogP contribution < -0.4 is 4.74 Å². The average molecular weight is 257 g/mol. The van der Waals surface area contributed by atoms with E-state index in [4.69, 9.17) is 4.74 Å². The topological polar surface area (TPSA) is 42.4 Å². The Morgan fingerprint density at radius 1 is 1.11 bits per heavy atom. The maximum atomic E-state index is 9.23. The molecular weight excluding hydrogens is 238 g/mol. The van der Waals surface area contributed by atoms with Crippen molar-refractivity contribution in [3.05, 3.63) is 53.9 Å². The zero-order valence-electron chi connectivity index (χ0n) is 11.6. The fraction of sp³-hybridized carbons (Fsp3) is 0.312. The van der Waals surface area contributed by atoms with Crippen LogP contribution in [0.4, 0.5) is 0 Å². The highest BCUT2D eigenvalue weighted by Crippen LogP contribution is 2.28. The van der Waals surface area contributed by atoms with E-state index in [0.29, 0.717) is 11.3 Å². The largest absolute Gasteiger partial charge is 0.457 e. The summed E-state index contributed by atoms with van der Waals surface area (Å²) < 4.78 is 5.77. The summed E-state index contributed by atoms with van der Waals surface area (Å²) in [5.41, 5.74) is 2.07. The van der Waals surface area contributed by atoms with Crippen molar-refractivity contribution in [2.24, 2.45) is 0 Å². The Bertz CT molecular complexity index is 541. The molecule has 0 amide bonds. The predicted octanol–water partition coefficient (Wildman–Crippen LogP) is 3.66. The molecule has 19 heavy (non-hydrogen) atoms. The van der Waals surface area contributed by atoms with Crippen molar-refractivity contribution in [3.63, 3.8) is 0 Å². The highest BCUT2D eigenvalue weighted by atomic mass is 16.5. The van der Waals surface area contributed by atoms with Crippen molar-refractivity contribution in [1.82, 2.24) is 4.98 Å². The van der Waals surface area contributed by atoms with E-state index in [0.717, 1.165) is 5.75 Å². The lowest BCUT2D eigenvalue weighted by Crippen LogP contribution is -2.10. The lowest BCUT2D eigenvalue weighted by atomic mass is 9.87. The van der Waals surface area contributed by atoms with Crippen LogP contribution in [0.1, 0.15) is 31.9 Å². The molecule has 0 aliphatic rings. The number of ether oxygens (including phenoxy) is 1. The predicted molar refractivity (Wildman–Crippen MR) is 75.4 cm³/mol. The molecule has 100 valence electrons. The molecule has 3 heteroatoms. The number of hydrogen-bond donors (Lipinski definition) is 1. The van der Waals surface area contributed by atoms with Crippen molar-refractivity contribution in [2.45, 2.75) is 32.8 Å². The van der Waals surface area contributed by atoms with E-state index in [2.05, 4.69) is 37.9 Å². The fourth-order valence-corrected chi connectivity index (χ4v) is 1.78. The summed E-state index contributed by atoms with van der Waals surface area (Å²) >= 11 is 0. The number of aromatic nitrogens is 1. The van der Waals surface area contributed by atoms with Crippen molar-refractivity contribution < 1.29 is 9.84 Å². The van der Waals surface area contributed by atoms with Crippen LogP contribution in [0.5, 0.6) is 11.5 Å². The van der Waals surface area contributed by atoms with Gasteiger partial charge >= 0.3 is 0 Å². The molecule has 1 aromatic carbocycles. The van der Waals surface area contributed by atoms with Crippen LogP contribution in [-0.4, -0.2) is 10.1 Å². The van der Waals surface area contributed by atoms with E-state index in [1.165, 1.54) is 5.56 Å². The van der Waals surface area contributed by atoms with Gasteiger partial charge in [-0.2, -0.15) is 0 Å². The monoisotopic (exact) mass is 257 g/mol. The Morgan fingerprint density at radius 3 is 2.37 bits per heavy atom. The molecule has 0 bridgehead atoms. The van der Waals surface area contributed by atoms with Gasteiger partial charge in [-0.05, 0) is 29.2 Å². The summed E-state index contributed by atoms with van der Waals surface area (Å²) in [5, 5.41) is 9.23. The van der Waals surface area contributed by atoms with Crippen molar-refractivity contribution >= 4 is 0 Å². The Labute approximate surface area is 113 Å². The van der Waals surface area contributed by atoms with Crippen LogP contribution in [0.3, 0.4) is 0 Å². The minimum absolute atomic E-state index is 0.0801. The Balaban J connectivity index is 2.20. The molecule has 1 aromatic heterocycles. The van der Waals surface area contributed by atoms with Crippen molar-refractivity contribution in [2.75, 3.05) is 0 Å². The molecule has 0 aliphatic heterocycles. The van der Waals surface area contributed by atoms with Gasteiger partial charge in [0.2, 0.25) is 0 Å². The summed E-state index contributed by atoms with van der Waals surface area (Å²) in [6, 6.07) is 9.78. The van der Waals surface area contributed by atoms with Gasteiger partial charge in [0.05, 0.1) is 6.61 Å². The first-order valence-electron chi connectivity index (χ1n) is 6.33. The molecule has 0 aliphatic carbocycles. The van der Waals surface area contributed by atoms with Gasteiger partial charge in [-0.25, -0.2) is 0 Å². The number of benzene rings is 1. The third kappa shape index (κ3) is 3.32. The van der Waals surface area contributed by atoms with Gasteiger partial charge in [-0.3, -0.25) is 4.98 Å². The van der Waals surface area contributed by atoms with Crippen molar-refractivity contribution in [3.8, 4) is 11.5 Å². The number of aliphatic hydroxyl groups excluding tert-OH is 1. The SMILES string of the molecule is CC(C)(C)c1ccc(Oc2ccncc2CO)cc1. The third-order valence-corrected chi connectivity index (χ3v) is 2.98. The van der Waals surface area contributed by atoms with Gasteiger partial charge in [-0.15, -0.1) is 0 Å². The van der Waals surface area contributed by atoms with Gasteiger partial charge < -0.3 is 9.84 Å². The first kappa shape index (κ1) is 13.6. The molecule has 0 spiro atoms. The van der Waals surface area contributed by atoms with Gasteiger partial charge in [0.25, 0.3) is 0 Å². The Morgan fingerprint density at radius 2 is 1.79 bits per heavy atom. The van der Waals surface area contributed by atoms with Crippen molar-refractivity contribution in [1.29, 1.82) is 0 Å². The molecule has 0 saturated carbocycles. The second-order valence-corrected chi connectivity index (χ2v) is 5.52. The Kier molecular flexibility index (Phi) is 3.86. The summed E-state index contributed by atoms with van der Waals surface area (Å²) in [5.74, 6) is 1.40. The normalized spacial score (nSPS) is 11.4. The van der Waals surface area contributed by atoms with E-state index >= 15 is 0 Å². The number of pyridine rings is 1. The molecule has 0 radical (unpaired) electrons. The molecule has 1 heterocycles. The third-order valence-electron chi connectivity index (χ3n) is 2.98. The zero-order chi connectivity index (χ0) is 13.9. The van der Waals surface area contributed by atoms with E-state index in [1.54, 1.807) is 18.5 Å². The first-order valence-corrected chi connectivity index (χ1v) is 6.33. The molecule has 0 saturated heterocycles. The van der Waals surface area contributed by atoms with Gasteiger partial charge in [0.15, 0.2) is 0 Å². The van der Waals surface area contributed by atoms with Gasteiger partial charge in [0.1, 0.15) is 11.5 Å². The van der Waals surface area contributed by atoms with E-state index in [9.17, 15) is 5.11 Å². The molecule has 3 nitrogen and oxygen atoms in total. The maximum absolute atomic E-state index is 9.23. The van der Waals surface area contributed by atoms with E-state index in [-0.39, 0.29) is 12.0 Å². The summed E-state index contributed by atoms with van der Waals surface area (Å²) in [7, 11) is 0. The molecular formula is C16H19NO2. The van der Waals surface area contributed by atoms with Crippen LogP contribution in [-0.2, 0) is 12.0 Å². The van der Waals surface area contributed by atoms with Gasteiger partial charge in [0, 0.05) is 18.0 Å². The lowest BCUT2D eigenvalue weighted by Gasteiger charge is -2.19. The molecule has 0 fully saturated rings. The average Bonchev–Trinajstić information content (AvgIpc) is 2.39. The summed E-state index contributed by atoms with van der Waals surface area (Å²) in [4.78, 5) is 3.96. The molecule has 0 atom stereocenters. The van der Waals surface area contributed by atoms with Crippen LogP contribution in [0, 0.1) is 0 Å². The number of rotatable bonds is 3. The van der Waals surface area contributed by atoms with Crippen LogP contribution in [0.15, 0.2) is 42.7 Å². The summed E-state index contributed by atoms with van der Waals surface area (Å²) in [6.07, 6.45) is 3.26. The number of hydrogen-bond acceptors (Lipinski definition) is 3. The van der Waals surface area contributed by atoms with Gasteiger partial charge in [-0.1, -0.05) is 32.9 Å². The fourth-order valence-electron chi connectivity index (χ4n) is 1.78. The molecule has 0 unspecified atom stereocenters.